The van der Waals surface area contributed by atoms with E-state index in [1.807, 2.05) is 30.3 Å². The highest BCUT2D eigenvalue weighted by molar-refractivity contribution is 5.82. The number of amides is 1. The monoisotopic (exact) mass is 351 g/mol. The molecule has 4 heteroatoms. The van der Waals surface area contributed by atoms with Gasteiger partial charge in [-0.2, -0.15) is 0 Å². The number of quaternary nitrogens is 1. The Hall–Kier alpha value is -2.33. The standard InChI is InChI=1S/C22H26N2O2/c1-26-20-13-7-16(8-14-20)15-24(19-11-12-19)21(17-5-3-2-4-6-17)22(25)23-18-9-10-18/h2-8,13-14,18-19,21H,9-12,15H2,1H3,(H,23,25)/p+1/t21-/m0/s1. The van der Waals surface area contributed by atoms with E-state index in [-0.39, 0.29) is 11.9 Å². The van der Waals surface area contributed by atoms with Gasteiger partial charge in [0.15, 0.2) is 6.04 Å². The van der Waals surface area contributed by atoms with E-state index in [1.54, 1.807) is 7.11 Å². The molecule has 0 bridgehead atoms. The van der Waals surface area contributed by atoms with Crippen LogP contribution in [0.15, 0.2) is 54.6 Å². The second kappa shape index (κ2) is 7.50. The van der Waals surface area contributed by atoms with Crippen molar-refractivity contribution in [1.29, 1.82) is 0 Å². The molecule has 2 aromatic carbocycles. The zero-order chi connectivity index (χ0) is 17.9. The summed E-state index contributed by atoms with van der Waals surface area (Å²) < 4.78 is 5.27. The van der Waals surface area contributed by atoms with Crippen molar-refractivity contribution in [1.82, 2.24) is 5.32 Å². The molecule has 2 aliphatic rings. The molecule has 2 atom stereocenters. The Kier molecular flexibility index (Phi) is 4.93. The van der Waals surface area contributed by atoms with E-state index in [0.29, 0.717) is 12.1 Å². The quantitative estimate of drug-likeness (QED) is 0.766. The average molecular weight is 351 g/mol. The van der Waals surface area contributed by atoms with Crippen molar-refractivity contribution >= 4 is 5.91 Å². The SMILES string of the molecule is COc1ccc(C[NH+](C2CC2)[C@H](C(=O)NC2CC2)c2ccccc2)cc1. The number of methoxy groups -OCH3 is 1. The number of ether oxygens (including phenoxy) is 1. The lowest BCUT2D eigenvalue weighted by molar-refractivity contribution is -0.946. The maximum Gasteiger partial charge on any atom is 0.283 e. The van der Waals surface area contributed by atoms with Gasteiger partial charge in [-0.3, -0.25) is 4.79 Å². The van der Waals surface area contributed by atoms with Crippen LogP contribution in [0.25, 0.3) is 0 Å². The van der Waals surface area contributed by atoms with Crippen molar-refractivity contribution in [2.45, 2.75) is 50.4 Å². The summed E-state index contributed by atoms with van der Waals surface area (Å²) in [6.07, 6.45) is 4.63. The Morgan fingerprint density at radius 2 is 1.77 bits per heavy atom. The molecule has 0 radical (unpaired) electrons. The Balaban J connectivity index is 1.60. The van der Waals surface area contributed by atoms with E-state index in [0.717, 1.165) is 30.7 Å². The highest BCUT2D eigenvalue weighted by Crippen LogP contribution is 2.24. The Morgan fingerprint density at radius 3 is 2.35 bits per heavy atom. The topological polar surface area (TPSA) is 42.8 Å². The minimum atomic E-state index is -0.147. The molecule has 2 aromatic rings. The molecule has 0 heterocycles. The second-order valence-electron chi connectivity index (χ2n) is 7.50. The first-order chi connectivity index (χ1) is 12.7. The van der Waals surface area contributed by atoms with Crippen molar-refractivity contribution in [2.75, 3.05) is 7.11 Å². The molecule has 2 N–H and O–H groups in total. The molecule has 0 saturated heterocycles. The summed E-state index contributed by atoms with van der Waals surface area (Å²) in [6, 6.07) is 19.3. The highest BCUT2D eigenvalue weighted by Gasteiger charge is 2.43. The first-order valence-electron chi connectivity index (χ1n) is 9.58. The summed E-state index contributed by atoms with van der Waals surface area (Å²) in [4.78, 5) is 14.5. The fraction of sp³-hybridized carbons (Fsp3) is 0.409. The van der Waals surface area contributed by atoms with Gasteiger partial charge in [-0.25, -0.2) is 0 Å². The molecule has 2 aliphatic carbocycles. The van der Waals surface area contributed by atoms with Gasteiger partial charge in [0.1, 0.15) is 12.3 Å². The number of nitrogens with one attached hydrogen (secondary N) is 2. The lowest BCUT2D eigenvalue weighted by Gasteiger charge is -2.28. The highest BCUT2D eigenvalue weighted by atomic mass is 16.5. The van der Waals surface area contributed by atoms with E-state index in [9.17, 15) is 4.79 Å². The lowest BCUT2D eigenvalue weighted by atomic mass is 10.0. The smallest absolute Gasteiger partial charge is 0.283 e. The summed E-state index contributed by atoms with van der Waals surface area (Å²) in [5.41, 5.74) is 2.36. The summed E-state index contributed by atoms with van der Waals surface area (Å²) in [5, 5.41) is 3.24. The number of rotatable bonds is 8. The van der Waals surface area contributed by atoms with E-state index in [1.165, 1.54) is 23.3 Å². The number of carbonyl (C=O) groups is 1. The first-order valence-corrected chi connectivity index (χ1v) is 9.58. The number of hydrogen-bond acceptors (Lipinski definition) is 2. The summed E-state index contributed by atoms with van der Waals surface area (Å²) in [7, 11) is 1.68. The predicted octanol–water partition coefficient (Wildman–Crippen LogP) is 2.26. The molecule has 26 heavy (non-hydrogen) atoms. The van der Waals surface area contributed by atoms with Crippen molar-refractivity contribution in [3.05, 3.63) is 65.7 Å². The lowest BCUT2D eigenvalue weighted by Crippen LogP contribution is -3.13. The second-order valence-corrected chi connectivity index (χ2v) is 7.50. The minimum Gasteiger partial charge on any atom is -0.497 e. The normalized spacial score (nSPS) is 18.8. The summed E-state index contributed by atoms with van der Waals surface area (Å²) in [6.45, 7) is 0.853. The van der Waals surface area contributed by atoms with Gasteiger partial charge in [-0.05, 0) is 37.1 Å². The third-order valence-corrected chi connectivity index (χ3v) is 5.36. The minimum absolute atomic E-state index is 0.147. The van der Waals surface area contributed by atoms with Gasteiger partial charge in [-0.1, -0.05) is 30.3 Å². The van der Waals surface area contributed by atoms with E-state index >= 15 is 0 Å². The molecular formula is C22H27N2O2+. The van der Waals surface area contributed by atoms with Crippen LogP contribution in [0.2, 0.25) is 0 Å². The van der Waals surface area contributed by atoms with Crippen LogP contribution in [0.5, 0.6) is 5.75 Å². The van der Waals surface area contributed by atoms with Crippen molar-refractivity contribution < 1.29 is 14.4 Å². The zero-order valence-electron chi connectivity index (χ0n) is 15.3. The molecule has 1 unspecified atom stereocenters. The molecule has 1 amide bonds. The molecule has 4 rings (SSSR count). The Labute approximate surface area is 155 Å². The zero-order valence-corrected chi connectivity index (χ0v) is 15.3. The number of hydrogen-bond donors (Lipinski definition) is 2. The largest absolute Gasteiger partial charge is 0.497 e. The van der Waals surface area contributed by atoms with Crippen molar-refractivity contribution in [3.8, 4) is 5.75 Å². The van der Waals surface area contributed by atoms with Gasteiger partial charge in [0.25, 0.3) is 5.91 Å². The van der Waals surface area contributed by atoms with Crippen LogP contribution >= 0.6 is 0 Å². The molecule has 0 spiro atoms. The predicted molar refractivity (Wildman–Crippen MR) is 101 cm³/mol. The molecular weight excluding hydrogens is 324 g/mol. The number of benzene rings is 2. The summed E-state index contributed by atoms with van der Waals surface area (Å²) in [5.74, 6) is 1.04. The van der Waals surface area contributed by atoms with Gasteiger partial charge >= 0.3 is 0 Å². The van der Waals surface area contributed by atoms with Crippen molar-refractivity contribution in [3.63, 3.8) is 0 Å². The fourth-order valence-electron chi connectivity index (χ4n) is 3.61. The van der Waals surface area contributed by atoms with Crippen LogP contribution in [0, 0.1) is 0 Å². The van der Waals surface area contributed by atoms with E-state index in [2.05, 4.69) is 29.6 Å². The molecule has 4 nitrogen and oxygen atoms in total. The van der Waals surface area contributed by atoms with Gasteiger partial charge in [0.2, 0.25) is 0 Å². The van der Waals surface area contributed by atoms with E-state index in [4.69, 9.17) is 4.74 Å². The van der Waals surface area contributed by atoms with Crippen LogP contribution < -0.4 is 15.0 Å². The van der Waals surface area contributed by atoms with Gasteiger partial charge in [0, 0.05) is 30.0 Å². The third kappa shape index (κ3) is 4.07. The van der Waals surface area contributed by atoms with Crippen LogP contribution in [0.4, 0.5) is 0 Å². The maximum absolute atomic E-state index is 13.1. The first kappa shape index (κ1) is 17.1. The van der Waals surface area contributed by atoms with Gasteiger partial charge < -0.3 is 15.0 Å². The van der Waals surface area contributed by atoms with Crippen LogP contribution in [-0.2, 0) is 11.3 Å². The fourth-order valence-corrected chi connectivity index (χ4v) is 3.61. The Morgan fingerprint density at radius 1 is 1.08 bits per heavy atom. The molecule has 0 aromatic heterocycles. The van der Waals surface area contributed by atoms with Crippen LogP contribution in [0.1, 0.15) is 42.9 Å². The van der Waals surface area contributed by atoms with Crippen LogP contribution in [0.3, 0.4) is 0 Å². The van der Waals surface area contributed by atoms with Crippen molar-refractivity contribution in [2.24, 2.45) is 0 Å². The molecule has 0 aliphatic heterocycles. The molecule has 136 valence electrons. The number of carbonyl (C=O) groups excluding carboxylic acids is 1. The van der Waals surface area contributed by atoms with Crippen LogP contribution in [-0.4, -0.2) is 25.1 Å². The average Bonchev–Trinajstić information content (AvgIpc) is 3.57. The van der Waals surface area contributed by atoms with Gasteiger partial charge in [-0.15, -0.1) is 0 Å². The van der Waals surface area contributed by atoms with E-state index < -0.39 is 0 Å². The Bertz CT molecular complexity index is 736. The van der Waals surface area contributed by atoms with Gasteiger partial charge in [0.05, 0.1) is 13.2 Å². The molecule has 2 saturated carbocycles. The summed E-state index contributed by atoms with van der Waals surface area (Å²) >= 11 is 0. The third-order valence-electron chi connectivity index (χ3n) is 5.36. The molecule has 2 fully saturated rings. The maximum atomic E-state index is 13.1.